The lowest BCUT2D eigenvalue weighted by Crippen LogP contribution is -2.31. The van der Waals surface area contributed by atoms with Crippen LogP contribution in [0.3, 0.4) is 0 Å². The minimum atomic E-state index is -0.373. The van der Waals surface area contributed by atoms with Gasteiger partial charge in [0.2, 0.25) is 5.91 Å². The molecular weight excluding hydrogens is 340 g/mol. The Labute approximate surface area is 158 Å². The van der Waals surface area contributed by atoms with Crippen LogP contribution in [0.2, 0.25) is 0 Å². The van der Waals surface area contributed by atoms with Crippen molar-refractivity contribution in [1.29, 1.82) is 0 Å². The van der Waals surface area contributed by atoms with E-state index in [9.17, 15) is 9.59 Å². The van der Waals surface area contributed by atoms with Crippen LogP contribution in [0.1, 0.15) is 36.1 Å². The Morgan fingerprint density at radius 2 is 1.85 bits per heavy atom. The van der Waals surface area contributed by atoms with Gasteiger partial charge >= 0.3 is 5.76 Å². The molecule has 5 nitrogen and oxygen atoms in total. The number of oxazole rings is 1. The molecule has 0 spiro atoms. The number of hydrogen-bond donors (Lipinski definition) is 1. The number of aryl methyl sites for hydroxylation is 2. The second kappa shape index (κ2) is 7.55. The molecule has 3 rings (SSSR count). The van der Waals surface area contributed by atoms with Crippen molar-refractivity contribution in [2.45, 2.75) is 33.2 Å². The van der Waals surface area contributed by atoms with Crippen LogP contribution in [0, 0.1) is 18.8 Å². The van der Waals surface area contributed by atoms with Gasteiger partial charge in [0, 0.05) is 31.1 Å². The molecule has 0 radical (unpaired) electrons. The minimum absolute atomic E-state index is 0.0218. The second-order valence-electron chi connectivity index (χ2n) is 6.82. The van der Waals surface area contributed by atoms with Gasteiger partial charge in [-0.05, 0) is 55.7 Å². The van der Waals surface area contributed by atoms with E-state index in [1.54, 1.807) is 13.1 Å². The second-order valence-corrected chi connectivity index (χ2v) is 6.82. The molecule has 1 amide bonds. The van der Waals surface area contributed by atoms with Crippen molar-refractivity contribution in [2.75, 3.05) is 0 Å². The molecule has 0 aliphatic rings. The van der Waals surface area contributed by atoms with Gasteiger partial charge in [-0.2, -0.15) is 0 Å². The normalized spacial score (nSPS) is 11.7. The fourth-order valence-corrected chi connectivity index (χ4v) is 3.20. The fourth-order valence-electron chi connectivity index (χ4n) is 3.20. The maximum absolute atomic E-state index is 11.7. The number of carbonyl (C=O) groups is 1. The van der Waals surface area contributed by atoms with Crippen molar-refractivity contribution in [1.82, 2.24) is 9.88 Å². The van der Waals surface area contributed by atoms with E-state index in [0.29, 0.717) is 5.58 Å². The molecule has 1 atom stereocenters. The number of benzene rings is 2. The van der Waals surface area contributed by atoms with Crippen LogP contribution in [0.25, 0.3) is 11.1 Å². The molecule has 0 bridgehead atoms. The van der Waals surface area contributed by atoms with Crippen LogP contribution < -0.4 is 11.1 Å². The predicted molar refractivity (Wildman–Crippen MR) is 106 cm³/mol. The van der Waals surface area contributed by atoms with Crippen molar-refractivity contribution in [3.63, 3.8) is 0 Å². The van der Waals surface area contributed by atoms with Crippen LogP contribution in [0.4, 0.5) is 0 Å². The summed E-state index contributed by atoms with van der Waals surface area (Å²) in [6, 6.07) is 11.8. The predicted octanol–water partition coefficient (Wildman–Crippen LogP) is 2.91. The summed E-state index contributed by atoms with van der Waals surface area (Å²) in [7, 11) is 1.70. The first-order valence-corrected chi connectivity index (χ1v) is 8.81. The van der Waals surface area contributed by atoms with Gasteiger partial charge in [-0.1, -0.05) is 24.0 Å². The summed E-state index contributed by atoms with van der Waals surface area (Å²) in [5.74, 6) is 5.88. The highest BCUT2D eigenvalue weighted by Gasteiger charge is 2.09. The Morgan fingerprint density at radius 1 is 1.19 bits per heavy atom. The Morgan fingerprint density at radius 3 is 2.52 bits per heavy atom. The van der Waals surface area contributed by atoms with Crippen LogP contribution in [0.5, 0.6) is 0 Å². The maximum atomic E-state index is 11.7. The molecule has 5 heteroatoms. The molecule has 138 valence electrons. The molecule has 0 fully saturated rings. The van der Waals surface area contributed by atoms with E-state index in [2.05, 4.69) is 17.2 Å². The molecule has 1 heterocycles. The summed E-state index contributed by atoms with van der Waals surface area (Å²) in [6.07, 6.45) is 0.774. The molecule has 1 N–H and O–H groups in total. The van der Waals surface area contributed by atoms with Gasteiger partial charge in [-0.25, -0.2) is 4.79 Å². The molecule has 3 aromatic rings. The average molecular weight is 362 g/mol. The van der Waals surface area contributed by atoms with Crippen molar-refractivity contribution >= 4 is 17.0 Å². The van der Waals surface area contributed by atoms with Gasteiger partial charge in [0.25, 0.3) is 0 Å². The van der Waals surface area contributed by atoms with Crippen LogP contribution in [-0.4, -0.2) is 16.5 Å². The Kier molecular flexibility index (Phi) is 5.18. The first kappa shape index (κ1) is 18.5. The number of amides is 1. The molecule has 27 heavy (non-hydrogen) atoms. The fraction of sp³-hybridized carbons (Fsp3) is 0.273. The lowest BCUT2D eigenvalue weighted by atomic mass is 10.0. The maximum Gasteiger partial charge on any atom is 0.419 e. The van der Waals surface area contributed by atoms with Gasteiger partial charge in [0.15, 0.2) is 5.58 Å². The molecular formula is C22H22N2O3. The van der Waals surface area contributed by atoms with Crippen molar-refractivity contribution < 1.29 is 9.21 Å². The SMILES string of the molecule is CC(=O)NC(C)Cc1ccc(C#Cc2cc(C)c3c(c2)oc(=O)n3C)cc1. The van der Waals surface area contributed by atoms with Crippen molar-refractivity contribution in [3.8, 4) is 11.8 Å². The Bertz CT molecular complexity index is 1110. The molecule has 0 aliphatic carbocycles. The van der Waals surface area contributed by atoms with E-state index in [-0.39, 0.29) is 17.7 Å². The topological polar surface area (TPSA) is 64.2 Å². The van der Waals surface area contributed by atoms with E-state index < -0.39 is 0 Å². The lowest BCUT2D eigenvalue weighted by Gasteiger charge is -2.12. The third-order valence-corrected chi connectivity index (χ3v) is 4.37. The zero-order valence-electron chi connectivity index (χ0n) is 15.9. The number of carbonyl (C=O) groups excluding carboxylic acids is 1. The standard InChI is InChI=1S/C22H22N2O3/c1-14-11-19(13-20-21(14)24(4)22(26)27-20)10-7-17-5-8-18(9-6-17)12-15(2)23-16(3)25/h5-6,8-9,11,13,15H,12H2,1-4H3,(H,23,25). The Hall–Kier alpha value is -3.26. The lowest BCUT2D eigenvalue weighted by molar-refractivity contribution is -0.119. The minimum Gasteiger partial charge on any atom is -0.408 e. The van der Waals surface area contributed by atoms with E-state index in [1.165, 1.54) is 11.5 Å². The van der Waals surface area contributed by atoms with E-state index >= 15 is 0 Å². The molecule has 0 saturated carbocycles. The van der Waals surface area contributed by atoms with Gasteiger partial charge < -0.3 is 9.73 Å². The number of nitrogens with zero attached hydrogens (tertiary/aromatic N) is 1. The summed E-state index contributed by atoms with van der Waals surface area (Å²) in [5, 5.41) is 2.88. The van der Waals surface area contributed by atoms with Gasteiger partial charge in [0.1, 0.15) is 0 Å². The van der Waals surface area contributed by atoms with Crippen molar-refractivity contribution in [3.05, 3.63) is 69.2 Å². The number of fused-ring (bicyclic) bond motifs is 1. The van der Waals surface area contributed by atoms with Gasteiger partial charge in [0.05, 0.1) is 5.52 Å². The van der Waals surface area contributed by atoms with Gasteiger partial charge in [-0.3, -0.25) is 9.36 Å². The highest BCUT2D eigenvalue weighted by atomic mass is 16.4. The summed E-state index contributed by atoms with van der Waals surface area (Å²) in [5.41, 5.74) is 5.14. The van der Waals surface area contributed by atoms with E-state index in [0.717, 1.165) is 34.2 Å². The summed E-state index contributed by atoms with van der Waals surface area (Å²) in [4.78, 5) is 22.8. The number of rotatable bonds is 3. The smallest absolute Gasteiger partial charge is 0.408 e. The molecule has 0 saturated heterocycles. The third-order valence-electron chi connectivity index (χ3n) is 4.37. The zero-order valence-corrected chi connectivity index (χ0v) is 15.9. The van der Waals surface area contributed by atoms with E-state index in [1.807, 2.05) is 44.2 Å². The summed E-state index contributed by atoms with van der Waals surface area (Å²) in [6.45, 7) is 5.44. The molecule has 1 unspecified atom stereocenters. The molecule has 0 aliphatic heterocycles. The van der Waals surface area contributed by atoms with Crippen LogP contribution in [0.15, 0.2) is 45.6 Å². The summed E-state index contributed by atoms with van der Waals surface area (Å²) < 4.78 is 6.76. The quantitative estimate of drug-likeness (QED) is 0.729. The van der Waals surface area contributed by atoms with Crippen LogP contribution in [-0.2, 0) is 18.3 Å². The zero-order chi connectivity index (χ0) is 19.6. The number of aromatic nitrogens is 1. The average Bonchev–Trinajstić information content (AvgIpc) is 2.88. The number of nitrogens with one attached hydrogen (secondary N) is 1. The largest absolute Gasteiger partial charge is 0.419 e. The highest BCUT2D eigenvalue weighted by Crippen LogP contribution is 2.19. The first-order valence-electron chi connectivity index (χ1n) is 8.81. The highest BCUT2D eigenvalue weighted by molar-refractivity contribution is 5.78. The number of hydrogen-bond acceptors (Lipinski definition) is 3. The molecule has 1 aromatic heterocycles. The van der Waals surface area contributed by atoms with Gasteiger partial charge in [-0.15, -0.1) is 0 Å². The first-order chi connectivity index (χ1) is 12.8. The van der Waals surface area contributed by atoms with Crippen LogP contribution >= 0.6 is 0 Å². The summed E-state index contributed by atoms with van der Waals surface area (Å²) >= 11 is 0. The molecule has 2 aromatic carbocycles. The van der Waals surface area contributed by atoms with E-state index in [4.69, 9.17) is 4.42 Å². The monoisotopic (exact) mass is 362 g/mol. The third kappa shape index (κ3) is 4.29. The Balaban J connectivity index is 1.79. The van der Waals surface area contributed by atoms with Crippen molar-refractivity contribution in [2.24, 2.45) is 7.05 Å².